The van der Waals surface area contributed by atoms with Crippen LogP contribution in [0.4, 0.5) is 19.0 Å². The maximum Gasteiger partial charge on any atom is 0.416 e. The highest BCUT2D eigenvalue weighted by atomic mass is 19.4. The molecule has 2 aromatic heterocycles. The average Bonchev–Trinajstić information content (AvgIpc) is 3.00. The highest BCUT2D eigenvalue weighted by Crippen LogP contribution is 2.36. The van der Waals surface area contributed by atoms with Gasteiger partial charge in [-0.05, 0) is 42.7 Å². The van der Waals surface area contributed by atoms with E-state index >= 15 is 0 Å². The quantitative estimate of drug-likeness (QED) is 0.366. The number of ether oxygens (including phenoxy) is 1. The summed E-state index contributed by atoms with van der Waals surface area (Å²) < 4.78 is 46.7. The highest BCUT2D eigenvalue weighted by Gasteiger charge is 2.42. The lowest BCUT2D eigenvalue weighted by atomic mass is 9.94. The Labute approximate surface area is 248 Å². The van der Waals surface area contributed by atoms with Crippen LogP contribution in [0.1, 0.15) is 49.6 Å². The smallest absolute Gasteiger partial charge is 0.383 e. The Kier molecular flexibility index (Phi) is 9.72. The molecule has 1 saturated heterocycles. The number of aryl methyl sites for hydroxylation is 1. The molecule has 3 atom stereocenters. The Morgan fingerprint density at radius 1 is 1.12 bits per heavy atom. The molecule has 1 amide bonds. The van der Waals surface area contributed by atoms with Gasteiger partial charge in [0.2, 0.25) is 5.91 Å². The SMILES string of the molecule is CC[C@H]1CN(C(C(=O)N(C)CCOC)c2ccc(C(F)(F)F)cc2)[C@H](CC)CN1c1nc(=O)n(C)c2ccc(C#N)nc12. The second-order valence-electron chi connectivity index (χ2n) is 10.7. The summed E-state index contributed by atoms with van der Waals surface area (Å²) in [5.74, 6) is 0.116. The maximum absolute atomic E-state index is 14.0. The van der Waals surface area contributed by atoms with Crippen LogP contribution < -0.4 is 10.6 Å². The zero-order valence-electron chi connectivity index (χ0n) is 24.9. The number of rotatable bonds is 9. The number of carbonyl (C=O) groups excluding carboxylic acids is 1. The minimum Gasteiger partial charge on any atom is -0.383 e. The molecular formula is C30H36F3N7O3. The van der Waals surface area contributed by atoms with Gasteiger partial charge in [0.15, 0.2) is 5.82 Å². The van der Waals surface area contributed by atoms with E-state index in [2.05, 4.69) is 14.9 Å². The Bertz CT molecular complexity index is 1550. The van der Waals surface area contributed by atoms with Gasteiger partial charge in [-0.15, -0.1) is 0 Å². The number of fused-ring (bicyclic) bond motifs is 1. The lowest BCUT2D eigenvalue weighted by molar-refractivity contribution is -0.138. The predicted molar refractivity (Wildman–Crippen MR) is 155 cm³/mol. The van der Waals surface area contributed by atoms with Crippen molar-refractivity contribution in [3.63, 3.8) is 0 Å². The summed E-state index contributed by atoms with van der Waals surface area (Å²) in [6.45, 7) is 5.35. The molecule has 43 heavy (non-hydrogen) atoms. The van der Waals surface area contributed by atoms with Crippen LogP contribution in [0.25, 0.3) is 11.0 Å². The number of methoxy groups -OCH3 is 1. The number of benzene rings is 1. The first-order chi connectivity index (χ1) is 20.4. The topological polar surface area (TPSA) is 108 Å². The molecule has 3 aromatic rings. The Balaban J connectivity index is 1.79. The van der Waals surface area contributed by atoms with E-state index in [-0.39, 0.29) is 23.7 Å². The van der Waals surface area contributed by atoms with Crippen molar-refractivity contribution in [1.29, 1.82) is 5.26 Å². The van der Waals surface area contributed by atoms with E-state index in [0.717, 1.165) is 12.1 Å². The van der Waals surface area contributed by atoms with Crippen LogP contribution >= 0.6 is 0 Å². The van der Waals surface area contributed by atoms with E-state index in [1.54, 1.807) is 26.2 Å². The number of piperazine rings is 1. The van der Waals surface area contributed by atoms with E-state index in [1.165, 1.54) is 28.7 Å². The molecule has 0 radical (unpaired) electrons. The van der Waals surface area contributed by atoms with Crippen LogP contribution in [0.15, 0.2) is 41.2 Å². The number of alkyl halides is 3. The Morgan fingerprint density at radius 3 is 2.37 bits per heavy atom. The average molecular weight is 600 g/mol. The lowest BCUT2D eigenvalue weighted by Crippen LogP contribution is -2.61. The summed E-state index contributed by atoms with van der Waals surface area (Å²) in [4.78, 5) is 41.3. The van der Waals surface area contributed by atoms with E-state index < -0.39 is 23.5 Å². The number of hydrogen-bond acceptors (Lipinski definition) is 8. The number of halogens is 3. The molecule has 13 heteroatoms. The molecule has 0 N–H and O–H groups in total. The molecule has 1 unspecified atom stereocenters. The molecular weight excluding hydrogens is 563 g/mol. The summed E-state index contributed by atoms with van der Waals surface area (Å²) in [7, 11) is 4.79. The molecule has 1 aliphatic heterocycles. The highest BCUT2D eigenvalue weighted by molar-refractivity contribution is 5.87. The first-order valence-corrected chi connectivity index (χ1v) is 14.2. The lowest BCUT2D eigenvalue weighted by Gasteiger charge is -2.49. The fraction of sp³-hybridized carbons (Fsp3) is 0.500. The van der Waals surface area contributed by atoms with E-state index in [4.69, 9.17) is 4.74 Å². The zero-order chi connectivity index (χ0) is 31.5. The second-order valence-corrected chi connectivity index (χ2v) is 10.7. The zero-order valence-corrected chi connectivity index (χ0v) is 24.9. The van der Waals surface area contributed by atoms with Gasteiger partial charge in [-0.25, -0.2) is 9.78 Å². The minimum absolute atomic E-state index is 0.194. The van der Waals surface area contributed by atoms with Crippen molar-refractivity contribution in [2.24, 2.45) is 7.05 Å². The van der Waals surface area contributed by atoms with Crippen LogP contribution in [-0.2, 0) is 22.8 Å². The second kappa shape index (κ2) is 13.1. The number of anilines is 1. The third-order valence-electron chi connectivity index (χ3n) is 8.13. The summed E-state index contributed by atoms with van der Waals surface area (Å²) in [5.41, 5.74) is 0.374. The monoisotopic (exact) mass is 599 g/mol. The molecule has 0 saturated carbocycles. The first-order valence-electron chi connectivity index (χ1n) is 14.2. The van der Waals surface area contributed by atoms with Crippen molar-refractivity contribution < 1.29 is 22.7 Å². The van der Waals surface area contributed by atoms with Crippen LogP contribution in [-0.4, -0.2) is 82.7 Å². The molecule has 1 aromatic carbocycles. The molecule has 4 rings (SSSR count). The van der Waals surface area contributed by atoms with E-state index in [9.17, 15) is 28.0 Å². The standard InChI is InChI=1S/C30H36F3N7O3/c1-6-22-18-40(27-25-24(38(4)29(42)36-27)13-12-21(16-34)35-25)23(7-2)17-39(22)26(28(41)37(3)14-15-43-5)19-8-10-20(11-9-19)30(31,32)33/h8-13,22-23,26H,6-7,14-15,17-18H2,1-5H3/t22-,23+,26?/m1/s1. The Morgan fingerprint density at radius 2 is 1.79 bits per heavy atom. The molecule has 230 valence electrons. The van der Waals surface area contributed by atoms with Gasteiger partial charge in [0, 0.05) is 52.9 Å². The van der Waals surface area contributed by atoms with Crippen molar-refractivity contribution in [3.8, 4) is 6.07 Å². The van der Waals surface area contributed by atoms with Gasteiger partial charge in [0.25, 0.3) is 0 Å². The van der Waals surface area contributed by atoms with E-state index in [1.807, 2.05) is 24.8 Å². The molecule has 10 nitrogen and oxygen atoms in total. The van der Waals surface area contributed by atoms with Crippen molar-refractivity contribution in [2.75, 3.05) is 45.3 Å². The third kappa shape index (κ3) is 6.50. The van der Waals surface area contributed by atoms with Crippen LogP contribution in [0, 0.1) is 11.3 Å². The van der Waals surface area contributed by atoms with Gasteiger partial charge < -0.3 is 14.5 Å². The van der Waals surface area contributed by atoms with Gasteiger partial charge >= 0.3 is 11.9 Å². The number of carbonyl (C=O) groups is 1. The number of amides is 1. The third-order valence-corrected chi connectivity index (χ3v) is 8.13. The van der Waals surface area contributed by atoms with Gasteiger partial charge in [0.05, 0.1) is 17.7 Å². The molecule has 1 aliphatic rings. The number of nitriles is 1. The number of likely N-dealkylation sites (N-methyl/N-ethyl adjacent to an activating group) is 1. The van der Waals surface area contributed by atoms with Crippen LogP contribution in [0.2, 0.25) is 0 Å². The normalized spacial score (nSPS) is 18.4. The Hall–Kier alpha value is -4.02. The predicted octanol–water partition coefficient (Wildman–Crippen LogP) is 3.74. The number of aromatic nitrogens is 3. The fourth-order valence-electron chi connectivity index (χ4n) is 5.61. The first kappa shape index (κ1) is 31.9. The molecule has 0 aliphatic carbocycles. The minimum atomic E-state index is -4.50. The van der Waals surface area contributed by atoms with Crippen molar-refractivity contribution >= 4 is 22.8 Å². The molecule has 0 spiro atoms. The summed E-state index contributed by atoms with van der Waals surface area (Å²) in [6, 6.07) is 8.75. The van der Waals surface area contributed by atoms with Gasteiger partial charge in [-0.3, -0.25) is 14.3 Å². The van der Waals surface area contributed by atoms with Gasteiger partial charge in [-0.2, -0.15) is 23.4 Å². The maximum atomic E-state index is 14.0. The van der Waals surface area contributed by atoms with Crippen LogP contribution in [0.5, 0.6) is 0 Å². The summed E-state index contributed by atoms with van der Waals surface area (Å²) in [6.07, 6.45) is -3.27. The molecule has 3 heterocycles. The fourth-order valence-corrected chi connectivity index (χ4v) is 5.61. The van der Waals surface area contributed by atoms with Gasteiger partial charge in [-0.1, -0.05) is 26.0 Å². The van der Waals surface area contributed by atoms with Crippen molar-refractivity contribution in [1.82, 2.24) is 24.3 Å². The van der Waals surface area contributed by atoms with Crippen molar-refractivity contribution in [3.05, 3.63) is 63.7 Å². The number of hydrogen-bond donors (Lipinski definition) is 0. The van der Waals surface area contributed by atoms with Gasteiger partial charge in [0.1, 0.15) is 23.3 Å². The number of nitrogens with zero attached hydrogens (tertiary/aromatic N) is 7. The molecule has 0 bridgehead atoms. The molecule has 1 fully saturated rings. The van der Waals surface area contributed by atoms with E-state index in [0.29, 0.717) is 61.5 Å². The van der Waals surface area contributed by atoms with Crippen molar-refractivity contribution in [2.45, 2.75) is 51.0 Å². The van der Waals surface area contributed by atoms with Crippen LogP contribution in [0.3, 0.4) is 0 Å². The number of pyridine rings is 1. The summed E-state index contributed by atoms with van der Waals surface area (Å²) >= 11 is 0. The summed E-state index contributed by atoms with van der Waals surface area (Å²) in [5, 5.41) is 9.49. The largest absolute Gasteiger partial charge is 0.416 e.